The molecule has 1 saturated heterocycles. The topological polar surface area (TPSA) is 73.8 Å². The molecule has 0 aliphatic carbocycles. The second kappa shape index (κ2) is 4.71. The van der Waals surface area contributed by atoms with E-state index in [9.17, 15) is 0 Å². The van der Waals surface area contributed by atoms with Crippen molar-refractivity contribution >= 4 is 33.5 Å². The predicted molar refractivity (Wildman–Crippen MR) is 78.2 cm³/mol. The number of hydrogen-bond donors (Lipinski definition) is 1. The number of hydrogen-bond acceptors (Lipinski definition) is 7. The molecule has 8 heteroatoms. The Kier molecular flexibility index (Phi) is 2.73. The maximum absolute atomic E-state index is 4.40. The molecule has 7 nitrogen and oxygen atoms in total. The third-order valence-electron chi connectivity index (χ3n) is 3.47. The minimum absolute atomic E-state index is 0.720. The minimum Gasteiger partial charge on any atom is -0.351 e. The lowest BCUT2D eigenvalue weighted by Gasteiger charge is -2.35. The first-order valence-electron chi connectivity index (χ1n) is 6.45. The molecule has 4 heterocycles. The van der Waals surface area contributed by atoms with Crippen LogP contribution in [0.4, 0.5) is 10.9 Å². The maximum atomic E-state index is 4.40. The molecule has 0 amide bonds. The lowest BCUT2D eigenvalue weighted by Crippen LogP contribution is -2.46. The van der Waals surface area contributed by atoms with Gasteiger partial charge < -0.3 is 14.8 Å². The molecule has 102 valence electrons. The molecule has 1 aliphatic heterocycles. The van der Waals surface area contributed by atoms with Crippen LogP contribution in [0, 0.1) is 0 Å². The highest BCUT2D eigenvalue weighted by Crippen LogP contribution is 2.23. The van der Waals surface area contributed by atoms with E-state index in [4.69, 9.17) is 0 Å². The summed E-state index contributed by atoms with van der Waals surface area (Å²) in [6.45, 7) is 3.75. The fourth-order valence-corrected chi connectivity index (χ4v) is 3.17. The van der Waals surface area contributed by atoms with E-state index < -0.39 is 0 Å². The minimum atomic E-state index is 0.720. The van der Waals surface area contributed by atoms with Gasteiger partial charge in [0.1, 0.15) is 11.8 Å². The summed E-state index contributed by atoms with van der Waals surface area (Å²) in [5.74, 6) is 0.936. The van der Waals surface area contributed by atoms with Crippen molar-refractivity contribution in [3.8, 4) is 0 Å². The predicted octanol–water partition coefficient (Wildman–Crippen LogP) is 1.14. The van der Waals surface area contributed by atoms with Gasteiger partial charge in [0.2, 0.25) is 0 Å². The SMILES string of the molecule is c1csc(N2CCN(c3ncnc4nc[nH]c34)CC2)n1. The average molecular weight is 287 g/mol. The van der Waals surface area contributed by atoms with Gasteiger partial charge in [-0.1, -0.05) is 0 Å². The first kappa shape index (κ1) is 11.6. The Bertz CT molecular complexity index is 700. The molecular weight excluding hydrogens is 274 g/mol. The van der Waals surface area contributed by atoms with Gasteiger partial charge >= 0.3 is 0 Å². The van der Waals surface area contributed by atoms with Gasteiger partial charge in [-0.05, 0) is 0 Å². The Morgan fingerprint density at radius 2 is 1.85 bits per heavy atom. The normalized spacial score (nSPS) is 16.0. The summed E-state index contributed by atoms with van der Waals surface area (Å²) in [6, 6.07) is 0. The molecular formula is C12H13N7S. The highest BCUT2D eigenvalue weighted by molar-refractivity contribution is 7.13. The average Bonchev–Trinajstić information content (AvgIpc) is 3.18. The van der Waals surface area contributed by atoms with E-state index in [-0.39, 0.29) is 0 Å². The second-order valence-electron chi connectivity index (χ2n) is 4.59. The zero-order chi connectivity index (χ0) is 13.4. The smallest absolute Gasteiger partial charge is 0.185 e. The summed E-state index contributed by atoms with van der Waals surface area (Å²) >= 11 is 1.68. The Morgan fingerprint density at radius 1 is 1.00 bits per heavy atom. The van der Waals surface area contributed by atoms with Gasteiger partial charge in [0.25, 0.3) is 0 Å². The zero-order valence-corrected chi connectivity index (χ0v) is 11.5. The number of thiazole rings is 1. The first-order valence-corrected chi connectivity index (χ1v) is 7.33. The number of rotatable bonds is 2. The summed E-state index contributed by atoms with van der Waals surface area (Å²) in [5.41, 5.74) is 1.63. The number of fused-ring (bicyclic) bond motifs is 1. The van der Waals surface area contributed by atoms with Crippen LogP contribution in [0.3, 0.4) is 0 Å². The van der Waals surface area contributed by atoms with Gasteiger partial charge in [-0.3, -0.25) is 0 Å². The Labute approximate surface area is 119 Å². The number of nitrogens with zero attached hydrogens (tertiary/aromatic N) is 6. The molecule has 0 atom stereocenters. The lowest BCUT2D eigenvalue weighted by atomic mass is 10.3. The van der Waals surface area contributed by atoms with Crippen molar-refractivity contribution in [1.29, 1.82) is 0 Å². The fourth-order valence-electron chi connectivity index (χ4n) is 2.47. The molecule has 0 radical (unpaired) electrons. The van der Waals surface area contributed by atoms with E-state index in [0.717, 1.165) is 48.3 Å². The molecule has 3 aromatic heterocycles. The molecule has 0 bridgehead atoms. The van der Waals surface area contributed by atoms with Crippen molar-refractivity contribution in [1.82, 2.24) is 24.9 Å². The summed E-state index contributed by atoms with van der Waals surface area (Å²) in [5, 5.41) is 3.11. The van der Waals surface area contributed by atoms with Crippen molar-refractivity contribution in [2.75, 3.05) is 36.0 Å². The molecule has 0 unspecified atom stereocenters. The number of nitrogens with one attached hydrogen (secondary N) is 1. The number of aromatic nitrogens is 5. The Morgan fingerprint density at radius 3 is 2.65 bits per heavy atom. The number of aromatic amines is 1. The van der Waals surface area contributed by atoms with Crippen LogP contribution in [-0.4, -0.2) is 51.1 Å². The van der Waals surface area contributed by atoms with Gasteiger partial charge in [-0.15, -0.1) is 11.3 Å². The lowest BCUT2D eigenvalue weighted by molar-refractivity contribution is 0.647. The van der Waals surface area contributed by atoms with E-state index in [1.807, 2.05) is 11.6 Å². The first-order chi connectivity index (χ1) is 9.92. The molecule has 1 aliphatic rings. The molecule has 0 saturated carbocycles. The monoisotopic (exact) mass is 287 g/mol. The summed E-state index contributed by atoms with van der Waals surface area (Å²) in [7, 11) is 0. The summed E-state index contributed by atoms with van der Waals surface area (Å²) in [6.07, 6.45) is 5.09. The Hall–Kier alpha value is -2.22. The molecule has 1 fully saturated rings. The van der Waals surface area contributed by atoms with Crippen molar-refractivity contribution in [3.05, 3.63) is 24.2 Å². The van der Waals surface area contributed by atoms with Crippen LogP contribution in [-0.2, 0) is 0 Å². The van der Waals surface area contributed by atoms with Gasteiger partial charge in [-0.2, -0.15) is 0 Å². The molecule has 4 rings (SSSR count). The third kappa shape index (κ3) is 1.88. The summed E-state index contributed by atoms with van der Waals surface area (Å²) < 4.78 is 0. The van der Waals surface area contributed by atoms with Gasteiger partial charge in [0, 0.05) is 37.8 Å². The van der Waals surface area contributed by atoms with Gasteiger partial charge in [0.05, 0.1) is 6.33 Å². The van der Waals surface area contributed by atoms with Crippen LogP contribution >= 0.6 is 11.3 Å². The van der Waals surface area contributed by atoms with E-state index in [1.165, 1.54) is 0 Å². The standard InChI is InChI=1S/C12H13N7S/c1-6-20-12(13-1)19-4-2-18(3-5-19)11-9-10(15-7-14-9)16-8-17-11/h1,6-8H,2-5H2,(H,14,15,16,17). The largest absolute Gasteiger partial charge is 0.351 e. The quantitative estimate of drug-likeness (QED) is 0.762. The zero-order valence-electron chi connectivity index (χ0n) is 10.7. The van der Waals surface area contributed by atoms with Crippen LogP contribution in [0.1, 0.15) is 0 Å². The van der Waals surface area contributed by atoms with Gasteiger partial charge in [0.15, 0.2) is 16.6 Å². The molecule has 20 heavy (non-hydrogen) atoms. The number of imidazole rings is 1. The van der Waals surface area contributed by atoms with Crippen molar-refractivity contribution in [2.45, 2.75) is 0 Å². The van der Waals surface area contributed by atoms with Crippen LogP contribution in [0.15, 0.2) is 24.2 Å². The molecule has 0 aromatic carbocycles. The summed E-state index contributed by atoms with van der Waals surface area (Å²) in [4.78, 5) is 24.8. The fraction of sp³-hybridized carbons (Fsp3) is 0.333. The maximum Gasteiger partial charge on any atom is 0.185 e. The highest BCUT2D eigenvalue weighted by atomic mass is 32.1. The molecule has 0 spiro atoms. The van der Waals surface area contributed by atoms with Crippen LogP contribution in [0.25, 0.3) is 11.2 Å². The van der Waals surface area contributed by atoms with Crippen molar-refractivity contribution in [2.24, 2.45) is 0 Å². The molecule has 1 N–H and O–H groups in total. The molecule has 3 aromatic rings. The van der Waals surface area contributed by atoms with Crippen LogP contribution in [0.5, 0.6) is 0 Å². The van der Waals surface area contributed by atoms with Crippen LogP contribution < -0.4 is 9.80 Å². The number of anilines is 2. The number of H-pyrrole nitrogens is 1. The second-order valence-corrected chi connectivity index (χ2v) is 5.46. The van der Waals surface area contributed by atoms with E-state index in [0.29, 0.717) is 0 Å². The van der Waals surface area contributed by atoms with Crippen molar-refractivity contribution in [3.63, 3.8) is 0 Å². The number of piperazine rings is 1. The third-order valence-corrected chi connectivity index (χ3v) is 4.30. The van der Waals surface area contributed by atoms with Crippen LogP contribution in [0.2, 0.25) is 0 Å². The van der Waals surface area contributed by atoms with Crippen molar-refractivity contribution < 1.29 is 0 Å². The van der Waals surface area contributed by atoms with Gasteiger partial charge in [-0.25, -0.2) is 19.9 Å². The van der Waals surface area contributed by atoms with E-state index in [2.05, 4.69) is 34.7 Å². The highest BCUT2D eigenvalue weighted by Gasteiger charge is 2.21. The van der Waals surface area contributed by atoms with E-state index in [1.54, 1.807) is 24.0 Å². The Balaban J connectivity index is 1.56. The van der Waals surface area contributed by atoms with E-state index >= 15 is 0 Å².